The number of hydrogen-bond acceptors (Lipinski definition) is 4. The minimum Gasteiger partial charge on any atom is -0.337 e. The van der Waals surface area contributed by atoms with Crippen molar-refractivity contribution in [3.05, 3.63) is 77.7 Å². The van der Waals surface area contributed by atoms with Crippen LogP contribution in [0.25, 0.3) is 11.4 Å². The second-order valence-electron chi connectivity index (χ2n) is 5.98. The van der Waals surface area contributed by atoms with Gasteiger partial charge in [-0.25, -0.2) is 4.79 Å². The maximum Gasteiger partial charge on any atom is 0.322 e. The van der Waals surface area contributed by atoms with E-state index in [0.29, 0.717) is 29.0 Å². The van der Waals surface area contributed by atoms with Crippen molar-refractivity contribution in [2.24, 2.45) is 0 Å². The van der Waals surface area contributed by atoms with E-state index in [4.69, 9.17) is 16.1 Å². The van der Waals surface area contributed by atoms with E-state index in [9.17, 15) is 4.79 Å². The Labute approximate surface area is 162 Å². The third kappa shape index (κ3) is 4.95. The van der Waals surface area contributed by atoms with Gasteiger partial charge in [0.05, 0.1) is 0 Å². The monoisotopic (exact) mass is 382 g/mol. The van der Waals surface area contributed by atoms with Gasteiger partial charge >= 0.3 is 6.03 Å². The maximum absolute atomic E-state index is 12.6. The molecule has 7 heteroatoms. The molecular formula is C20H19ClN4O2. The minimum atomic E-state index is -0.273. The number of nitrogens with one attached hydrogen (secondary N) is 1. The average molecular weight is 383 g/mol. The minimum absolute atomic E-state index is 0.171. The molecule has 2 amide bonds. The summed E-state index contributed by atoms with van der Waals surface area (Å²) in [4.78, 5) is 18.5. The zero-order valence-corrected chi connectivity index (χ0v) is 15.6. The van der Waals surface area contributed by atoms with Gasteiger partial charge in [0.25, 0.3) is 0 Å². The van der Waals surface area contributed by atoms with Gasteiger partial charge in [-0.05, 0) is 43.3 Å². The van der Waals surface area contributed by atoms with E-state index in [0.717, 1.165) is 11.1 Å². The third-order valence-electron chi connectivity index (χ3n) is 3.84. The van der Waals surface area contributed by atoms with Gasteiger partial charge in [-0.1, -0.05) is 40.5 Å². The molecule has 1 N–H and O–H groups in total. The van der Waals surface area contributed by atoms with Crippen LogP contribution < -0.4 is 5.32 Å². The zero-order chi connectivity index (χ0) is 19.2. The van der Waals surface area contributed by atoms with Crippen LogP contribution in [0.1, 0.15) is 11.5 Å². The number of nitrogens with zero attached hydrogens (tertiary/aromatic N) is 3. The van der Waals surface area contributed by atoms with Crippen molar-refractivity contribution < 1.29 is 9.32 Å². The number of urea groups is 1. The quantitative estimate of drug-likeness (QED) is 0.614. The standard InChI is InChI=1S/C20H19ClN4O2/c1-3-12-25(20(26)22-17-10-4-14(2)5-11-17)13-18-23-19(24-27-18)15-6-8-16(21)9-7-15/h3-11H,1,12-13H2,2H3,(H,22,26). The molecule has 0 aliphatic carbocycles. The van der Waals surface area contributed by atoms with Crippen molar-refractivity contribution in [2.75, 3.05) is 11.9 Å². The highest BCUT2D eigenvalue weighted by Crippen LogP contribution is 2.19. The van der Waals surface area contributed by atoms with E-state index in [2.05, 4.69) is 22.0 Å². The average Bonchev–Trinajstić information content (AvgIpc) is 3.12. The molecule has 0 spiro atoms. The summed E-state index contributed by atoms with van der Waals surface area (Å²) < 4.78 is 5.29. The highest BCUT2D eigenvalue weighted by molar-refractivity contribution is 6.30. The number of rotatable bonds is 6. The van der Waals surface area contributed by atoms with Crippen LogP contribution in [-0.4, -0.2) is 27.6 Å². The number of aryl methyl sites for hydroxylation is 1. The largest absolute Gasteiger partial charge is 0.337 e. The molecule has 0 fully saturated rings. The second-order valence-corrected chi connectivity index (χ2v) is 6.42. The lowest BCUT2D eigenvalue weighted by Crippen LogP contribution is -2.34. The van der Waals surface area contributed by atoms with Crippen molar-refractivity contribution >= 4 is 23.3 Å². The molecule has 27 heavy (non-hydrogen) atoms. The first kappa shape index (κ1) is 18.7. The molecule has 0 saturated carbocycles. The molecule has 2 aromatic carbocycles. The molecule has 0 bridgehead atoms. The highest BCUT2D eigenvalue weighted by atomic mass is 35.5. The molecule has 1 aromatic heterocycles. The Bertz CT molecular complexity index is 920. The molecular weight excluding hydrogens is 364 g/mol. The summed E-state index contributed by atoms with van der Waals surface area (Å²) in [5.74, 6) is 0.778. The van der Waals surface area contributed by atoms with Gasteiger partial charge in [0.15, 0.2) is 0 Å². The maximum atomic E-state index is 12.6. The molecule has 0 aliphatic heterocycles. The lowest BCUT2D eigenvalue weighted by molar-refractivity contribution is 0.206. The van der Waals surface area contributed by atoms with Crippen molar-refractivity contribution in [2.45, 2.75) is 13.5 Å². The Kier molecular flexibility index (Phi) is 5.88. The SMILES string of the molecule is C=CCN(Cc1nc(-c2ccc(Cl)cc2)no1)C(=O)Nc1ccc(C)cc1. The topological polar surface area (TPSA) is 71.3 Å². The summed E-state index contributed by atoms with van der Waals surface area (Å²) in [5, 5.41) is 7.45. The summed E-state index contributed by atoms with van der Waals surface area (Å²) in [7, 11) is 0. The number of carbonyl (C=O) groups excluding carboxylic acids is 1. The van der Waals surface area contributed by atoms with E-state index >= 15 is 0 Å². The lowest BCUT2D eigenvalue weighted by atomic mass is 10.2. The Morgan fingerprint density at radius 1 is 1.22 bits per heavy atom. The summed E-state index contributed by atoms with van der Waals surface area (Å²) >= 11 is 5.89. The first-order valence-corrected chi connectivity index (χ1v) is 8.75. The van der Waals surface area contributed by atoms with E-state index in [-0.39, 0.29) is 12.6 Å². The highest BCUT2D eigenvalue weighted by Gasteiger charge is 2.17. The van der Waals surface area contributed by atoms with Gasteiger partial charge < -0.3 is 14.7 Å². The van der Waals surface area contributed by atoms with Crippen molar-refractivity contribution in [1.29, 1.82) is 0 Å². The Morgan fingerprint density at radius 2 is 1.93 bits per heavy atom. The summed E-state index contributed by atoms with van der Waals surface area (Å²) in [6.07, 6.45) is 1.64. The molecule has 1 heterocycles. The second kappa shape index (κ2) is 8.51. The van der Waals surface area contributed by atoms with E-state index in [1.807, 2.05) is 43.3 Å². The van der Waals surface area contributed by atoms with Crippen LogP contribution in [0.15, 0.2) is 65.7 Å². The van der Waals surface area contributed by atoms with Gasteiger partial charge in [-0.2, -0.15) is 4.98 Å². The fraction of sp³-hybridized carbons (Fsp3) is 0.150. The molecule has 3 aromatic rings. The first-order valence-electron chi connectivity index (χ1n) is 8.37. The number of anilines is 1. The molecule has 0 atom stereocenters. The number of halogens is 1. The van der Waals surface area contributed by atoms with E-state index in [1.165, 1.54) is 4.90 Å². The summed E-state index contributed by atoms with van der Waals surface area (Å²) in [6, 6.07) is 14.4. The molecule has 3 rings (SSSR count). The number of carbonyl (C=O) groups is 1. The Morgan fingerprint density at radius 3 is 2.59 bits per heavy atom. The summed E-state index contributed by atoms with van der Waals surface area (Å²) in [6.45, 7) is 6.21. The number of aromatic nitrogens is 2. The van der Waals surface area contributed by atoms with Gasteiger partial charge in [0, 0.05) is 22.8 Å². The van der Waals surface area contributed by atoms with Crippen LogP contribution in [-0.2, 0) is 6.54 Å². The van der Waals surface area contributed by atoms with Crippen LogP contribution in [0.3, 0.4) is 0 Å². The van der Waals surface area contributed by atoms with Crippen LogP contribution >= 0.6 is 11.6 Å². The summed E-state index contributed by atoms with van der Waals surface area (Å²) in [5.41, 5.74) is 2.62. The van der Waals surface area contributed by atoms with E-state index < -0.39 is 0 Å². The number of hydrogen-bond donors (Lipinski definition) is 1. The van der Waals surface area contributed by atoms with Crippen molar-refractivity contribution in [3.8, 4) is 11.4 Å². The lowest BCUT2D eigenvalue weighted by Gasteiger charge is -2.19. The predicted molar refractivity (Wildman–Crippen MR) is 106 cm³/mol. The molecule has 138 valence electrons. The first-order chi connectivity index (χ1) is 13.0. The van der Waals surface area contributed by atoms with Crippen LogP contribution in [0, 0.1) is 6.92 Å². The van der Waals surface area contributed by atoms with Gasteiger partial charge in [0.1, 0.15) is 6.54 Å². The molecule has 0 unspecified atom stereocenters. The fourth-order valence-electron chi connectivity index (χ4n) is 2.41. The smallest absolute Gasteiger partial charge is 0.322 e. The van der Waals surface area contributed by atoms with Crippen molar-refractivity contribution in [3.63, 3.8) is 0 Å². The predicted octanol–water partition coefficient (Wildman–Crippen LogP) is 4.92. The number of amides is 2. The van der Waals surface area contributed by atoms with Gasteiger partial charge in [-0.15, -0.1) is 6.58 Å². The van der Waals surface area contributed by atoms with Crippen LogP contribution in [0.4, 0.5) is 10.5 Å². The number of benzene rings is 2. The zero-order valence-electron chi connectivity index (χ0n) is 14.9. The van der Waals surface area contributed by atoms with Crippen LogP contribution in [0.2, 0.25) is 5.02 Å². The van der Waals surface area contributed by atoms with Gasteiger partial charge in [-0.3, -0.25) is 0 Å². The molecule has 6 nitrogen and oxygen atoms in total. The third-order valence-corrected chi connectivity index (χ3v) is 4.09. The molecule has 0 saturated heterocycles. The Balaban J connectivity index is 1.70. The van der Waals surface area contributed by atoms with E-state index in [1.54, 1.807) is 18.2 Å². The normalized spacial score (nSPS) is 10.4. The fourth-order valence-corrected chi connectivity index (χ4v) is 2.54. The van der Waals surface area contributed by atoms with Crippen LogP contribution in [0.5, 0.6) is 0 Å². The van der Waals surface area contributed by atoms with Gasteiger partial charge in [0.2, 0.25) is 11.7 Å². The van der Waals surface area contributed by atoms with Crippen molar-refractivity contribution in [1.82, 2.24) is 15.0 Å². The molecule has 0 aliphatic rings. The Hall–Kier alpha value is -3.12. The molecule has 0 radical (unpaired) electrons.